The van der Waals surface area contributed by atoms with E-state index in [-0.39, 0.29) is 31.5 Å². The van der Waals surface area contributed by atoms with Crippen molar-refractivity contribution in [1.29, 1.82) is 0 Å². The summed E-state index contributed by atoms with van der Waals surface area (Å²) >= 11 is 0. The number of aryl methyl sites for hydroxylation is 1. The highest BCUT2D eigenvalue weighted by Crippen LogP contribution is 2.26. The van der Waals surface area contributed by atoms with E-state index in [4.69, 9.17) is 0 Å². The summed E-state index contributed by atoms with van der Waals surface area (Å²) < 4.78 is 28.5. The number of aliphatic hydroxyl groups is 1. The van der Waals surface area contributed by atoms with Crippen LogP contribution in [-0.4, -0.2) is 67.8 Å². The van der Waals surface area contributed by atoms with Crippen molar-refractivity contribution >= 4 is 6.03 Å². The Kier molecular flexibility index (Phi) is 7.45. The number of tetrazole rings is 1. The highest BCUT2D eigenvalue weighted by atomic mass is 19.3. The van der Waals surface area contributed by atoms with Gasteiger partial charge in [0.15, 0.2) is 0 Å². The smallest absolute Gasteiger partial charge is 0.318 e. The van der Waals surface area contributed by atoms with E-state index in [0.717, 1.165) is 5.56 Å². The van der Waals surface area contributed by atoms with Gasteiger partial charge >= 0.3 is 6.03 Å². The van der Waals surface area contributed by atoms with Crippen molar-refractivity contribution < 1.29 is 18.7 Å². The number of aliphatic hydroxyl groups excluding tert-OH is 1. The molecular formula is C20H26F2N6O2. The molecule has 2 heterocycles. The van der Waals surface area contributed by atoms with Crippen LogP contribution in [0.3, 0.4) is 0 Å². The van der Waals surface area contributed by atoms with Crippen LogP contribution in [-0.2, 0) is 12.8 Å². The van der Waals surface area contributed by atoms with Gasteiger partial charge in [0.1, 0.15) is 5.82 Å². The molecule has 2 amide bonds. The summed E-state index contributed by atoms with van der Waals surface area (Å²) in [6, 6.07) is 8.81. The fourth-order valence-corrected chi connectivity index (χ4v) is 3.38. The van der Waals surface area contributed by atoms with Gasteiger partial charge in [0, 0.05) is 38.8 Å². The SMILES string of the molecule is O=C1NC[C@H](/C=C/C(O)Cc2ccccc2)N1CCC(F)(F)CCCc1nnn[nH]1. The van der Waals surface area contributed by atoms with Crippen LogP contribution in [0.5, 0.6) is 0 Å². The van der Waals surface area contributed by atoms with Gasteiger partial charge in [0.25, 0.3) is 0 Å². The van der Waals surface area contributed by atoms with E-state index in [9.17, 15) is 18.7 Å². The Labute approximate surface area is 173 Å². The average Bonchev–Trinajstić information content (AvgIpc) is 3.35. The minimum Gasteiger partial charge on any atom is -0.389 e. The molecule has 1 aromatic carbocycles. The molecule has 0 aliphatic carbocycles. The molecule has 2 atom stereocenters. The van der Waals surface area contributed by atoms with E-state index in [1.807, 2.05) is 30.3 Å². The third-order valence-corrected chi connectivity index (χ3v) is 5.03. The molecule has 1 unspecified atom stereocenters. The zero-order valence-corrected chi connectivity index (χ0v) is 16.5. The molecule has 0 saturated carbocycles. The third-order valence-electron chi connectivity index (χ3n) is 5.03. The maximum Gasteiger partial charge on any atom is 0.318 e. The predicted octanol–water partition coefficient (Wildman–Crippen LogP) is 2.10. The van der Waals surface area contributed by atoms with Gasteiger partial charge in [-0.3, -0.25) is 0 Å². The molecule has 0 radical (unpaired) electrons. The number of alkyl halides is 2. The van der Waals surface area contributed by atoms with E-state index < -0.39 is 18.4 Å². The van der Waals surface area contributed by atoms with E-state index in [1.54, 1.807) is 12.2 Å². The standard InChI is InChI=1S/C20H26F2N6O2/c21-20(22,10-4-7-18-24-26-27-25-18)11-12-28-16(14-23-19(28)30)8-9-17(29)13-15-5-2-1-3-6-15/h1-3,5-6,8-9,16-17,29H,4,7,10-14H2,(H,23,30)(H,24,25,26,27)/b9-8+/t16-,17?/m0/s1. The van der Waals surface area contributed by atoms with Crippen LogP contribution in [0.4, 0.5) is 13.6 Å². The summed E-state index contributed by atoms with van der Waals surface area (Å²) in [5.74, 6) is -2.42. The van der Waals surface area contributed by atoms with Crippen LogP contribution < -0.4 is 5.32 Å². The number of nitrogens with zero attached hydrogens (tertiary/aromatic N) is 4. The highest BCUT2D eigenvalue weighted by Gasteiger charge is 2.34. The first kappa shape index (κ1) is 21.8. The Morgan fingerprint density at radius 2 is 2.10 bits per heavy atom. The Bertz CT molecular complexity index is 816. The molecule has 1 aliphatic rings. The lowest BCUT2D eigenvalue weighted by Gasteiger charge is -2.24. The number of aromatic amines is 1. The van der Waals surface area contributed by atoms with Gasteiger partial charge in [-0.1, -0.05) is 42.5 Å². The summed E-state index contributed by atoms with van der Waals surface area (Å²) in [5, 5.41) is 25.9. The summed E-state index contributed by atoms with van der Waals surface area (Å²) in [7, 11) is 0. The first-order valence-electron chi connectivity index (χ1n) is 9.98. The summed E-state index contributed by atoms with van der Waals surface area (Å²) in [5.41, 5.74) is 0.993. The molecule has 1 aliphatic heterocycles. The van der Waals surface area contributed by atoms with Gasteiger partial charge in [-0.15, -0.1) is 5.10 Å². The van der Waals surface area contributed by atoms with E-state index in [1.165, 1.54) is 4.90 Å². The number of halogens is 2. The van der Waals surface area contributed by atoms with Crippen LogP contribution in [0, 0.1) is 0 Å². The largest absolute Gasteiger partial charge is 0.389 e. The van der Waals surface area contributed by atoms with Gasteiger partial charge in [0.05, 0.1) is 12.1 Å². The quantitative estimate of drug-likeness (QED) is 0.483. The normalized spacial score (nSPS) is 18.2. The van der Waals surface area contributed by atoms with Crippen LogP contribution >= 0.6 is 0 Å². The number of aromatic nitrogens is 4. The van der Waals surface area contributed by atoms with Crippen molar-refractivity contribution in [2.24, 2.45) is 0 Å². The zero-order chi connectivity index (χ0) is 21.4. The fraction of sp³-hybridized carbons (Fsp3) is 0.500. The van der Waals surface area contributed by atoms with Crippen molar-refractivity contribution in [3.8, 4) is 0 Å². The summed E-state index contributed by atoms with van der Waals surface area (Å²) in [6.07, 6.45) is 2.92. The first-order chi connectivity index (χ1) is 14.4. The molecule has 3 N–H and O–H groups in total. The molecular weight excluding hydrogens is 394 g/mol. The highest BCUT2D eigenvalue weighted by molar-refractivity contribution is 5.77. The molecule has 0 spiro atoms. The Morgan fingerprint density at radius 1 is 1.30 bits per heavy atom. The minimum absolute atomic E-state index is 0.0630. The van der Waals surface area contributed by atoms with Gasteiger partial charge in [-0.2, -0.15) is 0 Å². The number of benzene rings is 1. The zero-order valence-electron chi connectivity index (χ0n) is 16.5. The maximum atomic E-state index is 14.2. The molecule has 162 valence electrons. The Hall–Kier alpha value is -2.88. The van der Waals surface area contributed by atoms with Crippen molar-refractivity contribution in [3.05, 3.63) is 53.9 Å². The molecule has 2 aromatic rings. The molecule has 0 bridgehead atoms. The van der Waals surface area contributed by atoms with Gasteiger partial charge < -0.3 is 15.3 Å². The lowest BCUT2D eigenvalue weighted by Crippen LogP contribution is -2.37. The number of H-pyrrole nitrogens is 1. The second kappa shape index (κ2) is 10.2. The number of rotatable bonds is 11. The molecule has 8 nitrogen and oxygen atoms in total. The van der Waals surface area contributed by atoms with E-state index in [2.05, 4.69) is 25.9 Å². The summed E-state index contributed by atoms with van der Waals surface area (Å²) in [6.45, 7) is 0.268. The lowest BCUT2D eigenvalue weighted by molar-refractivity contribution is -0.0230. The first-order valence-corrected chi connectivity index (χ1v) is 9.98. The average molecular weight is 420 g/mol. The predicted molar refractivity (Wildman–Crippen MR) is 106 cm³/mol. The Balaban J connectivity index is 1.46. The third kappa shape index (κ3) is 6.58. The second-order valence-electron chi connectivity index (χ2n) is 7.40. The Morgan fingerprint density at radius 3 is 2.83 bits per heavy atom. The molecule has 1 saturated heterocycles. The van der Waals surface area contributed by atoms with Gasteiger partial charge in [-0.25, -0.2) is 18.7 Å². The lowest BCUT2D eigenvalue weighted by atomic mass is 10.1. The number of hydrogen-bond acceptors (Lipinski definition) is 5. The van der Waals surface area contributed by atoms with Crippen LogP contribution in [0.1, 0.15) is 30.7 Å². The topological polar surface area (TPSA) is 107 Å². The molecule has 10 heteroatoms. The fourth-order valence-electron chi connectivity index (χ4n) is 3.38. The molecule has 1 fully saturated rings. The minimum atomic E-state index is -2.89. The summed E-state index contributed by atoms with van der Waals surface area (Å²) in [4.78, 5) is 13.4. The molecule has 3 rings (SSSR count). The number of amides is 2. The number of urea groups is 1. The number of nitrogens with one attached hydrogen (secondary N) is 2. The number of carbonyl (C=O) groups excluding carboxylic acids is 1. The number of carbonyl (C=O) groups is 1. The monoisotopic (exact) mass is 420 g/mol. The van der Waals surface area contributed by atoms with Crippen LogP contribution in [0.2, 0.25) is 0 Å². The van der Waals surface area contributed by atoms with E-state index >= 15 is 0 Å². The molecule has 1 aromatic heterocycles. The van der Waals surface area contributed by atoms with Gasteiger partial charge in [-0.05, 0) is 22.4 Å². The molecule has 30 heavy (non-hydrogen) atoms. The number of hydrogen-bond donors (Lipinski definition) is 3. The van der Waals surface area contributed by atoms with Crippen LogP contribution in [0.25, 0.3) is 0 Å². The van der Waals surface area contributed by atoms with Crippen molar-refractivity contribution in [2.45, 2.75) is 50.2 Å². The maximum absolute atomic E-state index is 14.2. The van der Waals surface area contributed by atoms with Crippen molar-refractivity contribution in [1.82, 2.24) is 30.8 Å². The van der Waals surface area contributed by atoms with Gasteiger partial charge in [0.2, 0.25) is 5.92 Å². The van der Waals surface area contributed by atoms with E-state index in [0.29, 0.717) is 25.2 Å². The van der Waals surface area contributed by atoms with Crippen molar-refractivity contribution in [3.63, 3.8) is 0 Å². The van der Waals surface area contributed by atoms with Crippen molar-refractivity contribution in [2.75, 3.05) is 13.1 Å². The second-order valence-corrected chi connectivity index (χ2v) is 7.40. The van der Waals surface area contributed by atoms with Crippen LogP contribution in [0.15, 0.2) is 42.5 Å².